The van der Waals surface area contributed by atoms with Crippen molar-refractivity contribution >= 4 is 0 Å². The summed E-state index contributed by atoms with van der Waals surface area (Å²) in [6.45, 7) is 9.37. The van der Waals surface area contributed by atoms with Gasteiger partial charge in [0.15, 0.2) is 5.75 Å². The Hall–Kier alpha value is -1.81. The summed E-state index contributed by atoms with van der Waals surface area (Å²) in [6, 6.07) is 8.63. The molecule has 0 amide bonds. The molecular weight excluding hydrogens is 262 g/mol. The highest BCUT2D eigenvalue weighted by Gasteiger charge is 2.12. The van der Waals surface area contributed by atoms with Crippen LogP contribution in [0.4, 0.5) is 0 Å². The first-order valence-electron chi connectivity index (χ1n) is 7.54. The maximum Gasteiger partial charge on any atom is 0.171 e. The third-order valence-electron chi connectivity index (χ3n) is 3.74. The predicted molar refractivity (Wildman–Crippen MR) is 85.9 cm³/mol. The molecule has 0 fully saturated rings. The lowest BCUT2D eigenvalue weighted by Crippen LogP contribution is -2.19. The molecule has 0 saturated carbocycles. The summed E-state index contributed by atoms with van der Waals surface area (Å²) in [5.74, 6) is 1.70. The molecule has 0 aliphatic rings. The van der Waals surface area contributed by atoms with Crippen molar-refractivity contribution in [2.24, 2.45) is 7.05 Å². The number of nitrogens with one attached hydrogen (secondary N) is 1. The van der Waals surface area contributed by atoms with E-state index < -0.39 is 0 Å². The first-order chi connectivity index (χ1) is 10.0. The van der Waals surface area contributed by atoms with Crippen LogP contribution in [0.5, 0.6) is 11.5 Å². The highest BCUT2D eigenvalue weighted by molar-refractivity contribution is 5.38. The maximum atomic E-state index is 5.97. The Labute approximate surface area is 127 Å². The van der Waals surface area contributed by atoms with E-state index in [4.69, 9.17) is 4.74 Å². The fraction of sp³-hybridized carbons (Fsp3) is 0.471. The molecule has 4 heteroatoms. The normalized spacial score (nSPS) is 12.4. The zero-order chi connectivity index (χ0) is 15.4. The van der Waals surface area contributed by atoms with Gasteiger partial charge in [0.2, 0.25) is 0 Å². The summed E-state index contributed by atoms with van der Waals surface area (Å²) in [4.78, 5) is 0. The quantitative estimate of drug-likeness (QED) is 0.876. The molecule has 0 bridgehead atoms. The highest BCUT2D eigenvalue weighted by Crippen LogP contribution is 2.28. The van der Waals surface area contributed by atoms with E-state index in [2.05, 4.69) is 36.4 Å². The molecule has 2 aromatic rings. The Morgan fingerprint density at radius 3 is 2.43 bits per heavy atom. The van der Waals surface area contributed by atoms with Gasteiger partial charge in [-0.1, -0.05) is 19.1 Å². The number of hydrogen-bond acceptors (Lipinski definition) is 3. The fourth-order valence-corrected chi connectivity index (χ4v) is 2.32. The predicted octanol–water partition coefficient (Wildman–Crippen LogP) is 3.89. The lowest BCUT2D eigenvalue weighted by atomic mass is 10.1. The molecule has 1 heterocycles. The molecule has 4 nitrogen and oxygen atoms in total. The van der Waals surface area contributed by atoms with Gasteiger partial charge in [-0.3, -0.25) is 4.68 Å². The van der Waals surface area contributed by atoms with E-state index in [1.54, 1.807) is 0 Å². The molecule has 1 aromatic heterocycles. The molecule has 1 aromatic carbocycles. The minimum atomic E-state index is 0.362. The first-order valence-corrected chi connectivity index (χ1v) is 7.54. The van der Waals surface area contributed by atoms with Gasteiger partial charge in [0, 0.05) is 13.1 Å². The van der Waals surface area contributed by atoms with Gasteiger partial charge in [-0.05, 0) is 51.4 Å². The average molecular weight is 287 g/mol. The second kappa shape index (κ2) is 6.76. The molecule has 21 heavy (non-hydrogen) atoms. The van der Waals surface area contributed by atoms with Crippen LogP contribution >= 0.6 is 0 Å². The Balaban J connectivity index is 2.09. The lowest BCUT2D eigenvalue weighted by molar-refractivity contribution is 0.473. The van der Waals surface area contributed by atoms with Crippen LogP contribution in [-0.2, 0) is 7.05 Å². The van der Waals surface area contributed by atoms with E-state index in [0.717, 1.165) is 35.9 Å². The standard InChI is InChI=1S/C17H25N3O/c1-6-11-18-12(2)15-7-9-16(10-8-15)21-17-13(3)19-20(5)14(17)4/h7-10,12,18H,6,11H2,1-5H3. The van der Waals surface area contributed by atoms with Crippen LogP contribution in [-0.4, -0.2) is 16.3 Å². The largest absolute Gasteiger partial charge is 0.453 e. The van der Waals surface area contributed by atoms with Gasteiger partial charge < -0.3 is 10.1 Å². The van der Waals surface area contributed by atoms with Crippen molar-refractivity contribution < 1.29 is 4.74 Å². The Morgan fingerprint density at radius 2 is 1.90 bits per heavy atom. The number of rotatable bonds is 6. The van der Waals surface area contributed by atoms with Crippen molar-refractivity contribution in [2.45, 2.75) is 40.2 Å². The SMILES string of the molecule is CCCNC(C)c1ccc(Oc2c(C)nn(C)c2C)cc1. The summed E-state index contributed by atoms with van der Waals surface area (Å²) in [6.07, 6.45) is 1.14. The van der Waals surface area contributed by atoms with Crippen molar-refractivity contribution in [2.75, 3.05) is 6.54 Å². The Bertz CT molecular complexity index is 587. The van der Waals surface area contributed by atoms with E-state index in [9.17, 15) is 0 Å². The second-order valence-electron chi connectivity index (χ2n) is 5.47. The zero-order valence-electron chi connectivity index (χ0n) is 13.6. The number of aromatic nitrogens is 2. The topological polar surface area (TPSA) is 39.1 Å². The van der Waals surface area contributed by atoms with Gasteiger partial charge in [-0.15, -0.1) is 0 Å². The van der Waals surface area contributed by atoms with Gasteiger partial charge in [0.05, 0.1) is 5.69 Å². The van der Waals surface area contributed by atoms with Crippen molar-refractivity contribution in [1.82, 2.24) is 15.1 Å². The van der Waals surface area contributed by atoms with E-state index >= 15 is 0 Å². The van der Waals surface area contributed by atoms with Crippen LogP contribution in [0.3, 0.4) is 0 Å². The molecular formula is C17H25N3O. The third-order valence-corrected chi connectivity index (χ3v) is 3.74. The summed E-state index contributed by atoms with van der Waals surface area (Å²) in [5.41, 5.74) is 3.22. The van der Waals surface area contributed by atoms with Gasteiger partial charge >= 0.3 is 0 Å². The fourth-order valence-electron chi connectivity index (χ4n) is 2.32. The van der Waals surface area contributed by atoms with E-state index in [1.807, 2.05) is 37.7 Å². The molecule has 0 saturated heterocycles. The number of ether oxygens (including phenoxy) is 1. The smallest absolute Gasteiger partial charge is 0.171 e. The zero-order valence-corrected chi connectivity index (χ0v) is 13.6. The summed E-state index contributed by atoms with van der Waals surface area (Å²) >= 11 is 0. The van der Waals surface area contributed by atoms with E-state index in [1.165, 1.54) is 5.56 Å². The molecule has 0 spiro atoms. The number of aryl methyl sites for hydroxylation is 2. The van der Waals surface area contributed by atoms with Crippen LogP contribution in [0.25, 0.3) is 0 Å². The summed E-state index contributed by atoms with van der Waals surface area (Å²) < 4.78 is 7.82. The lowest BCUT2D eigenvalue weighted by Gasteiger charge is -2.14. The molecule has 1 atom stereocenters. The van der Waals surface area contributed by atoms with Gasteiger partial charge in [0.1, 0.15) is 11.4 Å². The first kappa shape index (κ1) is 15.6. The molecule has 1 unspecified atom stereocenters. The molecule has 0 radical (unpaired) electrons. The Kier molecular flexibility index (Phi) is 5.02. The molecule has 0 aliphatic carbocycles. The van der Waals surface area contributed by atoms with Gasteiger partial charge in [-0.2, -0.15) is 5.10 Å². The van der Waals surface area contributed by atoms with Crippen LogP contribution in [0, 0.1) is 13.8 Å². The maximum absolute atomic E-state index is 5.97. The van der Waals surface area contributed by atoms with Crippen LogP contribution in [0.15, 0.2) is 24.3 Å². The Morgan fingerprint density at radius 1 is 1.24 bits per heavy atom. The summed E-state index contributed by atoms with van der Waals surface area (Å²) in [5, 5.41) is 7.85. The van der Waals surface area contributed by atoms with Crippen molar-refractivity contribution in [3.05, 3.63) is 41.2 Å². The monoisotopic (exact) mass is 287 g/mol. The van der Waals surface area contributed by atoms with Gasteiger partial charge in [-0.25, -0.2) is 0 Å². The average Bonchev–Trinajstić information content (AvgIpc) is 2.72. The minimum absolute atomic E-state index is 0.362. The second-order valence-corrected chi connectivity index (χ2v) is 5.47. The summed E-state index contributed by atoms with van der Waals surface area (Å²) in [7, 11) is 1.93. The van der Waals surface area contributed by atoms with Crippen LogP contribution in [0.2, 0.25) is 0 Å². The highest BCUT2D eigenvalue weighted by atomic mass is 16.5. The number of nitrogens with zero attached hydrogens (tertiary/aromatic N) is 2. The van der Waals surface area contributed by atoms with Crippen molar-refractivity contribution in [3.8, 4) is 11.5 Å². The third kappa shape index (κ3) is 3.64. The van der Waals surface area contributed by atoms with Crippen LogP contribution < -0.4 is 10.1 Å². The van der Waals surface area contributed by atoms with E-state index in [0.29, 0.717) is 6.04 Å². The number of hydrogen-bond donors (Lipinski definition) is 1. The molecule has 1 N–H and O–H groups in total. The van der Waals surface area contributed by atoms with Crippen molar-refractivity contribution in [1.29, 1.82) is 0 Å². The van der Waals surface area contributed by atoms with Crippen LogP contribution in [0.1, 0.15) is 43.3 Å². The molecule has 0 aliphatic heterocycles. The molecule has 114 valence electrons. The van der Waals surface area contributed by atoms with E-state index in [-0.39, 0.29) is 0 Å². The molecule has 2 rings (SSSR count). The van der Waals surface area contributed by atoms with Crippen molar-refractivity contribution in [3.63, 3.8) is 0 Å². The minimum Gasteiger partial charge on any atom is -0.453 e. The van der Waals surface area contributed by atoms with Gasteiger partial charge in [0.25, 0.3) is 0 Å². The number of benzene rings is 1.